The van der Waals surface area contributed by atoms with E-state index in [1.54, 1.807) is 6.92 Å². The predicted molar refractivity (Wildman–Crippen MR) is 68.9 cm³/mol. The molecule has 0 saturated carbocycles. The largest absolute Gasteiger partial charge is 0.368 e. The van der Waals surface area contributed by atoms with Gasteiger partial charge in [-0.15, -0.1) is 0 Å². The number of imidazole rings is 1. The van der Waals surface area contributed by atoms with Crippen molar-refractivity contribution >= 4 is 32.8 Å². The van der Waals surface area contributed by atoms with Crippen molar-refractivity contribution in [2.45, 2.75) is 6.92 Å². The van der Waals surface area contributed by atoms with Crippen molar-refractivity contribution in [3.05, 3.63) is 6.33 Å². The van der Waals surface area contributed by atoms with Crippen LogP contribution in [0.15, 0.2) is 6.33 Å². The number of H-pyrrole nitrogens is 1. The molecule has 0 aliphatic rings. The van der Waals surface area contributed by atoms with E-state index in [-0.39, 0.29) is 24.0 Å². The normalized spacial score (nSPS) is 11.8. The Morgan fingerprint density at radius 3 is 2.94 bits per heavy atom. The zero-order valence-electron chi connectivity index (χ0n) is 9.84. The molecule has 9 heteroatoms. The molecule has 0 radical (unpaired) electrons. The number of nitrogen functional groups attached to an aromatic ring is 1. The van der Waals surface area contributed by atoms with Crippen LogP contribution in [0, 0.1) is 0 Å². The lowest BCUT2D eigenvalue weighted by atomic mass is 10.5. The highest BCUT2D eigenvalue weighted by molar-refractivity contribution is 7.91. The molecule has 2 aromatic rings. The van der Waals surface area contributed by atoms with Gasteiger partial charge in [0.25, 0.3) is 0 Å². The number of hydrogen-bond donors (Lipinski definition) is 3. The number of aromatic nitrogens is 4. The van der Waals surface area contributed by atoms with Gasteiger partial charge in [0.15, 0.2) is 21.3 Å². The first-order valence-corrected chi connectivity index (χ1v) is 7.25. The fraction of sp³-hybridized carbons (Fsp3) is 0.444. The van der Waals surface area contributed by atoms with Crippen LogP contribution in [0.4, 0.5) is 11.8 Å². The van der Waals surface area contributed by atoms with Gasteiger partial charge < -0.3 is 16.0 Å². The summed E-state index contributed by atoms with van der Waals surface area (Å²) in [4.78, 5) is 14.8. The smallest absolute Gasteiger partial charge is 0.224 e. The van der Waals surface area contributed by atoms with Gasteiger partial charge in [-0.2, -0.15) is 9.97 Å². The van der Waals surface area contributed by atoms with E-state index in [4.69, 9.17) is 5.73 Å². The monoisotopic (exact) mass is 270 g/mol. The van der Waals surface area contributed by atoms with Crippen LogP contribution in [0.1, 0.15) is 6.92 Å². The van der Waals surface area contributed by atoms with Crippen molar-refractivity contribution in [3.8, 4) is 0 Å². The molecule has 18 heavy (non-hydrogen) atoms. The molecule has 8 nitrogen and oxygen atoms in total. The minimum atomic E-state index is -3.00. The molecule has 2 aromatic heterocycles. The first-order chi connectivity index (χ1) is 8.52. The van der Waals surface area contributed by atoms with Gasteiger partial charge in [0, 0.05) is 12.3 Å². The molecule has 0 fully saturated rings. The molecule has 0 aromatic carbocycles. The van der Waals surface area contributed by atoms with Crippen molar-refractivity contribution in [2.75, 3.05) is 29.1 Å². The van der Waals surface area contributed by atoms with Gasteiger partial charge in [0.05, 0.1) is 12.1 Å². The van der Waals surface area contributed by atoms with Crippen LogP contribution in [0.3, 0.4) is 0 Å². The lowest BCUT2D eigenvalue weighted by Gasteiger charge is -2.06. The third-order valence-electron chi connectivity index (χ3n) is 2.45. The maximum absolute atomic E-state index is 11.4. The number of nitrogens with one attached hydrogen (secondary N) is 2. The van der Waals surface area contributed by atoms with Gasteiger partial charge >= 0.3 is 0 Å². The van der Waals surface area contributed by atoms with E-state index in [1.165, 1.54) is 6.33 Å². The van der Waals surface area contributed by atoms with E-state index in [0.717, 1.165) is 0 Å². The van der Waals surface area contributed by atoms with Crippen LogP contribution in [-0.4, -0.2) is 46.4 Å². The number of fused-ring (bicyclic) bond motifs is 1. The average molecular weight is 270 g/mol. The van der Waals surface area contributed by atoms with Gasteiger partial charge in [-0.1, -0.05) is 6.92 Å². The highest BCUT2D eigenvalue weighted by Gasteiger charge is 2.10. The molecular formula is C9H14N6O2S. The highest BCUT2D eigenvalue weighted by Crippen LogP contribution is 2.16. The number of aromatic amines is 1. The Hall–Kier alpha value is -1.90. The Bertz CT molecular complexity index is 650. The molecule has 98 valence electrons. The number of anilines is 2. The summed E-state index contributed by atoms with van der Waals surface area (Å²) >= 11 is 0. The van der Waals surface area contributed by atoms with Gasteiger partial charge in [-0.3, -0.25) is 0 Å². The molecule has 0 saturated heterocycles. The fourth-order valence-electron chi connectivity index (χ4n) is 1.45. The van der Waals surface area contributed by atoms with E-state index >= 15 is 0 Å². The molecule has 4 N–H and O–H groups in total. The van der Waals surface area contributed by atoms with E-state index in [0.29, 0.717) is 17.0 Å². The minimum absolute atomic E-state index is 0.0447. The molecular weight excluding hydrogens is 256 g/mol. The topological polar surface area (TPSA) is 127 Å². The van der Waals surface area contributed by atoms with Gasteiger partial charge in [0.1, 0.15) is 5.52 Å². The molecule has 0 spiro atoms. The molecule has 0 aliphatic carbocycles. The molecule has 0 atom stereocenters. The number of nitrogens with two attached hydrogens (primary N) is 1. The zero-order valence-corrected chi connectivity index (χ0v) is 10.7. The van der Waals surface area contributed by atoms with Crippen molar-refractivity contribution in [1.82, 2.24) is 19.9 Å². The first kappa shape index (κ1) is 12.6. The summed E-state index contributed by atoms with van der Waals surface area (Å²) in [5.41, 5.74) is 6.59. The van der Waals surface area contributed by atoms with Crippen LogP contribution in [-0.2, 0) is 9.84 Å². The quantitative estimate of drug-likeness (QED) is 0.685. The Morgan fingerprint density at radius 2 is 2.22 bits per heavy atom. The van der Waals surface area contributed by atoms with Crippen LogP contribution >= 0.6 is 0 Å². The number of hydrogen-bond acceptors (Lipinski definition) is 7. The number of nitrogens with zero attached hydrogens (tertiary/aromatic N) is 3. The fourth-order valence-corrected chi connectivity index (χ4v) is 2.15. The third kappa shape index (κ3) is 2.67. The summed E-state index contributed by atoms with van der Waals surface area (Å²) in [7, 11) is -3.00. The van der Waals surface area contributed by atoms with Crippen molar-refractivity contribution < 1.29 is 8.42 Å². The Labute approximate surface area is 104 Å². The van der Waals surface area contributed by atoms with E-state index in [9.17, 15) is 8.42 Å². The second kappa shape index (κ2) is 4.77. The van der Waals surface area contributed by atoms with Crippen molar-refractivity contribution in [1.29, 1.82) is 0 Å². The van der Waals surface area contributed by atoms with Crippen LogP contribution in [0.5, 0.6) is 0 Å². The van der Waals surface area contributed by atoms with Gasteiger partial charge in [-0.25, -0.2) is 13.4 Å². The second-order valence-electron chi connectivity index (χ2n) is 3.69. The highest BCUT2D eigenvalue weighted by atomic mass is 32.2. The predicted octanol–water partition coefficient (Wildman–Crippen LogP) is -0.218. The standard InChI is InChI=1S/C9H14N6O2S/c1-2-18(16,17)4-3-11-7-6-8(13-5-12-6)15-9(10)14-7/h5H,2-4H2,1H3,(H4,10,11,12,13,14,15). The molecule has 0 unspecified atom stereocenters. The molecule has 2 heterocycles. The van der Waals surface area contributed by atoms with E-state index < -0.39 is 9.84 Å². The second-order valence-corrected chi connectivity index (χ2v) is 6.17. The average Bonchev–Trinajstić information content (AvgIpc) is 2.76. The Kier molecular flexibility index (Phi) is 3.32. The van der Waals surface area contributed by atoms with Crippen molar-refractivity contribution in [2.24, 2.45) is 0 Å². The maximum atomic E-state index is 11.4. The SMILES string of the molecule is CCS(=O)(=O)CCNc1nc(N)nc2nc[nH]c12. The number of rotatable bonds is 5. The van der Waals surface area contributed by atoms with Gasteiger partial charge in [-0.05, 0) is 0 Å². The summed E-state index contributed by atoms with van der Waals surface area (Å²) in [6, 6.07) is 0. The minimum Gasteiger partial charge on any atom is -0.368 e. The van der Waals surface area contributed by atoms with Crippen LogP contribution < -0.4 is 11.1 Å². The van der Waals surface area contributed by atoms with Crippen LogP contribution in [0.25, 0.3) is 11.2 Å². The molecule has 0 amide bonds. The summed E-state index contributed by atoms with van der Waals surface area (Å²) in [5.74, 6) is 0.722. The van der Waals surface area contributed by atoms with Gasteiger partial charge in [0.2, 0.25) is 5.95 Å². The first-order valence-electron chi connectivity index (χ1n) is 5.42. The summed E-state index contributed by atoms with van der Waals surface area (Å²) in [6.45, 7) is 1.88. The molecule has 2 rings (SSSR count). The van der Waals surface area contributed by atoms with Crippen LogP contribution in [0.2, 0.25) is 0 Å². The summed E-state index contributed by atoms with van der Waals surface area (Å²) < 4.78 is 22.7. The summed E-state index contributed by atoms with van der Waals surface area (Å²) in [6.07, 6.45) is 1.48. The van der Waals surface area contributed by atoms with E-state index in [1.807, 2.05) is 0 Å². The molecule has 0 bridgehead atoms. The summed E-state index contributed by atoms with van der Waals surface area (Å²) in [5, 5.41) is 2.92. The zero-order chi connectivity index (χ0) is 13.2. The molecule has 0 aliphatic heterocycles. The Morgan fingerprint density at radius 1 is 1.44 bits per heavy atom. The third-order valence-corrected chi connectivity index (χ3v) is 4.15. The lowest BCUT2D eigenvalue weighted by Crippen LogP contribution is -2.18. The lowest BCUT2D eigenvalue weighted by molar-refractivity contribution is 0.597. The van der Waals surface area contributed by atoms with E-state index in [2.05, 4.69) is 25.3 Å². The van der Waals surface area contributed by atoms with Crippen molar-refractivity contribution in [3.63, 3.8) is 0 Å². The maximum Gasteiger partial charge on any atom is 0.224 e. The Balaban J connectivity index is 2.14. The number of sulfone groups is 1.